The zero-order chi connectivity index (χ0) is 17.9. The van der Waals surface area contributed by atoms with Crippen molar-refractivity contribution in [3.05, 3.63) is 71.3 Å². The second-order valence-corrected chi connectivity index (χ2v) is 6.17. The fourth-order valence-electron chi connectivity index (χ4n) is 2.50. The number of benzene rings is 2. The number of carbonyl (C=O) groups excluding carboxylic acids is 2. The zero-order valence-corrected chi connectivity index (χ0v) is 14.8. The maximum atomic E-state index is 11.8. The summed E-state index contributed by atoms with van der Waals surface area (Å²) >= 11 is 0. The molecule has 4 heteroatoms. The van der Waals surface area contributed by atoms with Gasteiger partial charge in [-0.3, -0.25) is 9.59 Å². The van der Waals surface area contributed by atoms with E-state index in [4.69, 9.17) is 0 Å². The van der Waals surface area contributed by atoms with Crippen molar-refractivity contribution in [3.63, 3.8) is 0 Å². The molecule has 0 aliphatic carbocycles. The normalized spacial score (nSPS) is 10.3. The first-order valence-electron chi connectivity index (χ1n) is 8.76. The molecule has 2 aromatic rings. The van der Waals surface area contributed by atoms with Gasteiger partial charge < -0.3 is 10.6 Å². The lowest BCUT2D eigenvalue weighted by molar-refractivity contribution is -0.122. The standard InChI is InChI=1S/C21H26N2O2/c1-17-7-9-19(10-8-17)12-14-21(25)23-16-15-22-20(24)13-11-18-5-3-2-4-6-18/h2-10H,11-16H2,1H3,(H,22,24)(H,23,25). The predicted molar refractivity (Wildman–Crippen MR) is 100 cm³/mol. The molecule has 0 saturated heterocycles. The molecule has 0 saturated carbocycles. The zero-order valence-electron chi connectivity index (χ0n) is 14.8. The first kappa shape index (κ1) is 18.7. The van der Waals surface area contributed by atoms with Crippen molar-refractivity contribution in [2.75, 3.05) is 13.1 Å². The van der Waals surface area contributed by atoms with Gasteiger partial charge in [-0.15, -0.1) is 0 Å². The van der Waals surface area contributed by atoms with Crippen LogP contribution in [0, 0.1) is 6.92 Å². The topological polar surface area (TPSA) is 58.2 Å². The molecule has 0 bridgehead atoms. The number of aryl methyl sites for hydroxylation is 3. The molecule has 0 atom stereocenters. The Morgan fingerprint density at radius 3 is 1.72 bits per heavy atom. The molecule has 2 N–H and O–H groups in total. The third-order valence-electron chi connectivity index (χ3n) is 4.01. The molecule has 0 fully saturated rings. The van der Waals surface area contributed by atoms with E-state index in [1.165, 1.54) is 5.56 Å². The van der Waals surface area contributed by atoms with Gasteiger partial charge in [-0.25, -0.2) is 0 Å². The van der Waals surface area contributed by atoms with Gasteiger partial charge >= 0.3 is 0 Å². The Kier molecular flexibility index (Phi) is 7.70. The summed E-state index contributed by atoms with van der Waals surface area (Å²) in [4.78, 5) is 23.6. The Balaban J connectivity index is 1.53. The van der Waals surface area contributed by atoms with Gasteiger partial charge in [-0.05, 0) is 30.9 Å². The Hall–Kier alpha value is -2.62. The van der Waals surface area contributed by atoms with Crippen LogP contribution in [0.1, 0.15) is 29.5 Å². The summed E-state index contributed by atoms with van der Waals surface area (Å²) in [5.74, 6) is 0.0249. The minimum Gasteiger partial charge on any atom is -0.354 e. The maximum absolute atomic E-state index is 11.8. The van der Waals surface area contributed by atoms with Gasteiger partial charge in [0.2, 0.25) is 11.8 Å². The van der Waals surface area contributed by atoms with E-state index in [1.54, 1.807) is 0 Å². The van der Waals surface area contributed by atoms with E-state index in [2.05, 4.69) is 34.9 Å². The first-order valence-corrected chi connectivity index (χ1v) is 8.76. The van der Waals surface area contributed by atoms with Crippen molar-refractivity contribution < 1.29 is 9.59 Å². The fourth-order valence-corrected chi connectivity index (χ4v) is 2.50. The van der Waals surface area contributed by atoms with Crippen LogP contribution in [0.4, 0.5) is 0 Å². The van der Waals surface area contributed by atoms with Gasteiger partial charge in [0.15, 0.2) is 0 Å². The molecular formula is C21H26N2O2. The number of hydrogen-bond donors (Lipinski definition) is 2. The van der Waals surface area contributed by atoms with E-state index >= 15 is 0 Å². The molecule has 0 spiro atoms. The summed E-state index contributed by atoms with van der Waals surface area (Å²) in [5.41, 5.74) is 3.54. The number of nitrogens with one attached hydrogen (secondary N) is 2. The number of rotatable bonds is 9. The molecule has 0 radical (unpaired) electrons. The van der Waals surface area contributed by atoms with E-state index in [0.29, 0.717) is 25.9 Å². The molecule has 2 amide bonds. The van der Waals surface area contributed by atoms with Gasteiger partial charge in [0.05, 0.1) is 0 Å². The molecule has 132 valence electrons. The predicted octanol–water partition coefficient (Wildman–Crippen LogP) is 2.79. The summed E-state index contributed by atoms with van der Waals surface area (Å²) in [6, 6.07) is 18.1. The van der Waals surface area contributed by atoms with Crippen LogP contribution in [0.3, 0.4) is 0 Å². The Bertz CT molecular complexity index is 666. The van der Waals surface area contributed by atoms with Crippen molar-refractivity contribution in [1.82, 2.24) is 10.6 Å². The third-order valence-corrected chi connectivity index (χ3v) is 4.01. The summed E-state index contributed by atoms with van der Waals surface area (Å²) in [7, 11) is 0. The van der Waals surface area contributed by atoms with Crippen LogP contribution >= 0.6 is 0 Å². The lowest BCUT2D eigenvalue weighted by atomic mass is 10.1. The van der Waals surface area contributed by atoms with Crippen LogP contribution in [0.15, 0.2) is 54.6 Å². The van der Waals surface area contributed by atoms with Crippen LogP contribution in [0.5, 0.6) is 0 Å². The van der Waals surface area contributed by atoms with Gasteiger partial charge in [0, 0.05) is 25.9 Å². The van der Waals surface area contributed by atoms with Gasteiger partial charge in [-0.2, -0.15) is 0 Å². The van der Waals surface area contributed by atoms with Crippen molar-refractivity contribution in [1.29, 1.82) is 0 Å². The van der Waals surface area contributed by atoms with Crippen LogP contribution in [0.25, 0.3) is 0 Å². The molecule has 25 heavy (non-hydrogen) atoms. The highest BCUT2D eigenvalue weighted by Gasteiger charge is 2.04. The SMILES string of the molecule is Cc1ccc(CCC(=O)NCCNC(=O)CCc2ccccc2)cc1. The Morgan fingerprint density at radius 2 is 1.20 bits per heavy atom. The first-order chi connectivity index (χ1) is 12.1. The molecule has 2 rings (SSSR count). The highest BCUT2D eigenvalue weighted by molar-refractivity contribution is 5.77. The molecule has 4 nitrogen and oxygen atoms in total. The second-order valence-electron chi connectivity index (χ2n) is 6.17. The van der Waals surface area contributed by atoms with Crippen LogP contribution < -0.4 is 10.6 Å². The van der Waals surface area contributed by atoms with Gasteiger partial charge in [0.25, 0.3) is 0 Å². The average molecular weight is 338 g/mol. The van der Waals surface area contributed by atoms with Crippen molar-refractivity contribution in [2.45, 2.75) is 32.6 Å². The number of amides is 2. The lowest BCUT2D eigenvalue weighted by Crippen LogP contribution is -2.34. The van der Waals surface area contributed by atoms with Crippen molar-refractivity contribution >= 4 is 11.8 Å². The van der Waals surface area contributed by atoms with Crippen molar-refractivity contribution in [3.8, 4) is 0 Å². The molecule has 0 unspecified atom stereocenters. The number of hydrogen-bond acceptors (Lipinski definition) is 2. The summed E-state index contributed by atoms with van der Waals surface area (Å²) < 4.78 is 0. The largest absolute Gasteiger partial charge is 0.354 e. The highest BCUT2D eigenvalue weighted by Crippen LogP contribution is 2.05. The molecule has 0 aromatic heterocycles. The third kappa shape index (κ3) is 7.66. The summed E-state index contributed by atoms with van der Waals surface area (Å²) in [6.45, 7) is 2.97. The minimum absolute atomic E-state index is 0.0118. The van der Waals surface area contributed by atoms with Crippen LogP contribution in [0.2, 0.25) is 0 Å². The smallest absolute Gasteiger partial charge is 0.220 e. The van der Waals surface area contributed by atoms with Crippen molar-refractivity contribution in [2.24, 2.45) is 0 Å². The lowest BCUT2D eigenvalue weighted by Gasteiger charge is -2.07. The van der Waals surface area contributed by atoms with Gasteiger partial charge in [0.1, 0.15) is 0 Å². The monoisotopic (exact) mass is 338 g/mol. The molecule has 0 heterocycles. The maximum Gasteiger partial charge on any atom is 0.220 e. The molecular weight excluding hydrogens is 312 g/mol. The Morgan fingerprint density at radius 1 is 0.720 bits per heavy atom. The summed E-state index contributed by atoms with van der Waals surface area (Å²) in [6.07, 6.45) is 2.39. The van der Waals surface area contributed by atoms with Crippen LogP contribution in [-0.4, -0.2) is 24.9 Å². The van der Waals surface area contributed by atoms with Crippen LogP contribution in [-0.2, 0) is 22.4 Å². The fraction of sp³-hybridized carbons (Fsp3) is 0.333. The minimum atomic E-state index is 0.0118. The molecule has 0 aliphatic heterocycles. The van der Waals surface area contributed by atoms with Gasteiger partial charge in [-0.1, -0.05) is 60.2 Å². The second kappa shape index (κ2) is 10.3. The average Bonchev–Trinajstić information content (AvgIpc) is 2.64. The number of carbonyl (C=O) groups is 2. The Labute approximate surface area is 149 Å². The summed E-state index contributed by atoms with van der Waals surface area (Å²) in [5, 5.41) is 5.67. The highest BCUT2D eigenvalue weighted by atomic mass is 16.2. The van der Waals surface area contributed by atoms with E-state index in [0.717, 1.165) is 24.0 Å². The molecule has 0 aliphatic rings. The van der Waals surface area contributed by atoms with E-state index in [-0.39, 0.29) is 11.8 Å². The van der Waals surface area contributed by atoms with E-state index in [9.17, 15) is 9.59 Å². The van der Waals surface area contributed by atoms with E-state index in [1.807, 2.05) is 37.3 Å². The van der Waals surface area contributed by atoms with E-state index < -0.39 is 0 Å². The molecule has 2 aromatic carbocycles. The quantitative estimate of drug-likeness (QED) is 0.691.